The van der Waals surface area contributed by atoms with Gasteiger partial charge in [-0.25, -0.2) is 0 Å². The summed E-state index contributed by atoms with van der Waals surface area (Å²) in [5, 5.41) is 3.54. The van der Waals surface area contributed by atoms with Crippen LogP contribution in [0.25, 0.3) is 0 Å². The number of ether oxygens (including phenoxy) is 1. The number of hydrogen-bond donors (Lipinski definition) is 1. The highest BCUT2D eigenvalue weighted by molar-refractivity contribution is 5.33. The Bertz CT molecular complexity index is 567. The molecule has 0 bridgehead atoms. The van der Waals surface area contributed by atoms with E-state index in [1.54, 1.807) is 0 Å². The van der Waals surface area contributed by atoms with Crippen molar-refractivity contribution in [1.29, 1.82) is 0 Å². The molecule has 3 nitrogen and oxygen atoms in total. The van der Waals surface area contributed by atoms with E-state index < -0.39 is 0 Å². The second-order valence-electron chi connectivity index (χ2n) is 5.94. The molecule has 2 aromatic rings. The van der Waals surface area contributed by atoms with Gasteiger partial charge in [0.05, 0.1) is 0 Å². The highest BCUT2D eigenvalue weighted by Gasteiger charge is 2.04. The van der Waals surface area contributed by atoms with Crippen LogP contribution in [0.2, 0.25) is 0 Å². The largest absolute Gasteiger partial charge is 0.489 e. The number of nitrogens with zero attached hydrogens (tertiary/aromatic N) is 1. The van der Waals surface area contributed by atoms with E-state index in [2.05, 4.69) is 54.4 Å². The van der Waals surface area contributed by atoms with Gasteiger partial charge in [0.15, 0.2) is 0 Å². The maximum absolute atomic E-state index is 6.01. The zero-order valence-corrected chi connectivity index (χ0v) is 15.0. The molecule has 3 heteroatoms. The number of para-hydroxylation sites is 1. The predicted molar refractivity (Wildman–Crippen MR) is 101 cm³/mol. The van der Waals surface area contributed by atoms with Crippen molar-refractivity contribution in [2.45, 2.75) is 33.4 Å². The third-order valence-electron chi connectivity index (χ3n) is 4.25. The molecule has 2 rings (SSSR count). The lowest BCUT2D eigenvalue weighted by Crippen LogP contribution is -2.27. The smallest absolute Gasteiger partial charge is 0.124 e. The Hall–Kier alpha value is -1.84. The molecule has 0 saturated heterocycles. The molecule has 0 atom stereocenters. The van der Waals surface area contributed by atoms with Crippen LogP contribution in [0.5, 0.6) is 5.75 Å². The van der Waals surface area contributed by atoms with Crippen LogP contribution in [-0.2, 0) is 13.2 Å². The maximum atomic E-state index is 6.01. The standard InChI is InChI=1S/C21H30N2O/c1-3-23(4-2)16-10-15-22-17-20-13-8-9-14-21(20)24-18-19-11-6-5-7-12-19/h5-9,11-14,22H,3-4,10,15-18H2,1-2H3. The fraction of sp³-hybridized carbons (Fsp3) is 0.429. The van der Waals surface area contributed by atoms with Crippen LogP contribution >= 0.6 is 0 Å². The second-order valence-corrected chi connectivity index (χ2v) is 5.94. The molecule has 1 N–H and O–H groups in total. The van der Waals surface area contributed by atoms with E-state index in [1.165, 1.54) is 17.5 Å². The number of nitrogens with one attached hydrogen (secondary N) is 1. The highest BCUT2D eigenvalue weighted by atomic mass is 16.5. The van der Waals surface area contributed by atoms with Gasteiger partial charge in [0.2, 0.25) is 0 Å². The van der Waals surface area contributed by atoms with Crippen LogP contribution in [0, 0.1) is 0 Å². The molecule has 24 heavy (non-hydrogen) atoms. The zero-order valence-electron chi connectivity index (χ0n) is 15.0. The van der Waals surface area contributed by atoms with Crippen LogP contribution in [0.4, 0.5) is 0 Å². The van der Waals surface area contributed by atoms with Gasteiger partial charge in [-0.2, -0.15) is 0 Å². The maximum Gasteiger partial charge on any atom is 0.124 e. The average molecular weight is 326 g/mol. The lowest BCUT2D eigenvalue weighted by molar-refractivity contribution is 0.295. The quantitative estimate of drug-likeness (QED) is 0.630. The molecule has 0 aliphatic carbocycles. The van der Waals surface area contributed by atoms with Gasteiger partial charge in [0.1, 0.15) is 12.4 Å². The average Bonchev–Trinajstić information content (AvgIpc) is 2.64. The summed E-state index contributed by atoms with van der Waals surface area (Å²) >= 11 is 0. The topological polar surface area (TPSA) is 24.5 Å². The van der Waals surface area contributed by atoms with Crippen LogP contribution in [-0.4, -0.2) is 31.1 Å². The highest BCUT2D eigenvalue weighted by Crippen LogP contribution is 2.19. The van der Waals surface area contributed by atoms with E-state index >= 15 is 0 Å². The Morgan fingerprint density at radius 1 is 0.917 bits per heavy atom. The van der Waals surface area contributed by atoms with Crippen molar-refractivity contribution in [3.63, 3.8) is 0 Å². The summed E-state index contributed by atoms with van der Waals surface area (Å²) < 4.78 is 6.01. The molecule has 0 fully saturated rings. The lowest BCUT2D eigenvalue weighted by atomic mass is 10.2. The molecular formula is C21H30N2O. The van der Waals surface area contributed by atoms with Crippen molar-refractivity contribution in [1.82, 2.24) is 10.2 Å². The molecule has 0 saturated carbocycles. The van der Waals surface area contributed by atoms with Crippen molar-refractivity contribution in [2.24, 2.45) is 0 Å². The van der Waals surface area contributed by atoms with E-state index in [0.29, 0.717) is 6.61 Å². The SMILES string of the molecule is CCN(CC)CCCNCc1ccccc1OCc1ccccc1. The van der Waals surface area contributed by atoms with Crippen molar-refractivity contribution >= 4 is 0 Å². The van der Waals surface area contributed by atoms with Crippen LogP contribution in [0.15, 0.2) is 54.6 Å². The Balaban J connectivity index is 1.76. The van der Waals surface area contributed by atoms with E-state index in [0.717, 1.165) is 38.5 Å². The number of hydrogen-bond acceptors (Lipinski definition) is 3. The fourth-order valence-electron chi connectivity index (χ4n) is 2.72. The lowest BCUT2D eigenvalue weighted by Gasteiger charge is -2.18. The first-order valence-corrected chi connectivity index (χ1v) is 9.01. The van der Waals surface area contributed by atoms with E-state index in [-0.39, 0.29) is 0 Å². The first-order chi connectivity index (χ1) is 11.8. The third kappa shape index (κ3) is 6.34. The van der Waals surface area contributed by atoms with Crippen LogP contribution in [0.3, 0.4) is 0 Å². The first-order valence-electron chi connectivity index (χ1n) is 9.01. The molecule has 0 aliphatic heterocycles. The first kappa shape index (κ1) is 18.5. The summed E-state index contributed by atoms with van der Waals surface area (Å²) in [6.45, 7) is 10.4. The summed E-state index contributed by atoms with van der Waals surface area (Å²) in [5.41, 5.74) is 2.41. The minimum atomic E-state index is 0.611. The zero-order chi connectivity index (χ0) is 17.0. The molecule has 0 aliphatic rings. The molecule has 0 heterocycles. The van der Waals surface area contributed by atoms with Crippen molar-refractivity contribution in [2.75, 3.05) is 26.2 Å². The van der Waals surface area contributed by atoms with Gasteiger partial charge in [-0.05, 0) is 44.2 Å². The Morgan fingerprint density at radius 3 is 2.38 bits per heavy atom. The third-order valence-corrected chi connectivity index (χ3v) is 4.25. The fourth-order valence-corrected chi connectivity index (χ4v) is 2.72. The minimum Gasteiger partial charge on any atom is -0.489 e. The van der Waals surface area contributed by atoms with Crippen LogP contribution < -0.4 is 10.1 Å². The minimum absolute atomic E-state index is 0.611. The van der Waals surface area contributed by atoms with E-state index in [1.807, 2.05) is 24.3 Å². The molecule has 0 radical (unpaired) electrons. The molecule has 2 aromatic carbocycles. The van der Waals surface area contributed by atoms with Gasteiger partial charge in [-0.1, -0.05) is 62.4 Å². The van der Waals surface area contributed by atoms with Gasteiger partial charge in [0.25, 0.3) is 0 Å². The van der Waals surface area contributed by atoms with Gasteiger partial charge in [0, 0.05) is 12.1 Å². The Labute approximate surface area is 146 Å². The molecule has 0 spiro atoms. The van der Waals surface area contributed by atoms with Crippen molar-refractivity contribution in [3.05, 3.63) is 65.7 Å². The number of rotatable bonds is 11. The number of benzene rings is 2. The summed E-state index contributed by atoms with van der Waals surface area (Å²) in [6, 6.07) is 18.6. The Morgan fingerprint density at radius 2 is 1.62 bits per heavy atom. The molecule has 0 amide bonds. The predicted octanol–water partition coefficient (Wildman–Crippen LogP) is 4.09. The molecule has 0 aromatic heterocycles. The van der Waals surface area contributed by atoms with Crippen molar-refractivity contribution < 1.29 is 4.74 Å². The normalized spacial score (nSPS) is 11.0. The second kappa shape index (κ2) is 10.8. The monoisotopic (exact) mass is 326 g/mol. The van der Waals surface area contributed by atoms with Crippen LogP contribution in [0.1, 0.15) is 31.4 Å². The van der Waals surface area contributed by atoms with Gasteiger partial charge in [-0.15, -0.1) is 0 Å². The van der Waals surface area contributed by atoms with Gasteiger partial charge < -0.3 is 15.0 Å². The summed E-state index contributed by atoms with van der Waals surface area (Å²) in [7, 11) is 0. The van der Waals surface area contributed by atoms with Gasteiger partial charge >= 0.3 is 0 Å². The van der Waals surface area contributed by atoms with E-state index in [4.69, 9.17) is 4.74 Å². The molecular weight excluding hydrogens is 296 g/mol. The summed E-state index contributed by atoms with van der Waals surface area (Å²) in [6.07, 6.45) is 1.18. The molecule has 130 valence electrons. The van der Waals surface area contributed by atoms with Crippen molar-refractivity contribution in [3.8, 4) is 5.75 Å². The Kier molecular flexibility index (Phi) is 8.36. The van der Waals surface area contributed by atoms with Gasteiger partial charge in [-0.3, -0.25) is 0 Å². The molecule has 0 unspecified atom stereocenters. The van der Waals surface area contributed by atoms with E-state index in [9.17, 15) is 0 Å². The summed E-state index contributed by atoms with van der Waals surface area (Å²) in [5.74, 6) is 0.970. The summed E-state index contributed by atoms with van der Waals surface area (Å²) in [4.78, 5) is 2.46.